The lowest BCUT2D eigenvalue weighted by atomic mass is 10.2. The van der Waals surface area contributed by atoms with Crippen LogP contribution in [0.15, 0.2) is 30.7 Å². The molecule has 0 spiro atoms. The predicted molar refractivity (Wildman–Crippen MR) is 70.8 cm³/mol. The number of nitrogens with zero attached hydrogens (tertiary/aromatic N) is 2. The first kappa shape index (κ1) is 13.1. The van der Waals surface area contributed by atoms with Gasteiger partial charge in [-0.05, 0) is 18.6 Å². The summed E-state index contributed by atoms with van der Waals surface area (Å²) in [7, 11) is 1.55. The van der Waals surface area contributed by atoms with Crippen LogP contribution < -0.4 is 10.6 Å². The normalized spacial score (nSPS) is 12.1. The molecule has 6 nitrogen and oxygen atoms in total. The maximum atomic E-state index is 12.1. The average Bonchev–Trinajstić information content (AvgIpc) is 2.90. The summed E-state index contributed by atoms with van der Waals surface area (Å²) >= 11 is 0. The van der Waals surface area contributed by atoms with E-state index in [-0.39, 0.29) is 11.8 Å². The Morgan fingerprint density at radius 1 is 1.42 bits per heavy atom. The van der Waals surface area contributed by atoms with E-state index < -0.39 is 6.04 Å². The highest BCUT2D eigenvalue weighted by atomic mass is 16.2. The van der Waals surface area contributed by atoms with Crippen LogP contribution in [0.1, 0.15) is 23.7 Å². The van der Waals surface area contributed by atoms with E-state index in [4.69, 9.17) is 0 Å². The number of amides is 2. The summed E-state index contributed by atoms with van der Waals surface area (Å²) in [4.78, 5) is 27.7. The Hall–Kier alpha value is -2.37. The molecule has 100 valence electrons. The fraction of sp³-hybridized carbons (Fsp3) is 0.308. The molecular weight excluding hydrogens is 244 g/mol. The van der Waals surface area contributed by atoms with E-state index in [1.807, 2.05) is 6.92 Å². The minimum Gasteiger partial charge on any atom is -0.357 e. The number of hydrogen-bond acceptors (Lipinski definition) is 3. The van der Waals surface area contributed by atoms with Crippen molar-refractivity contribution >= 4 is 17.5 Å². The van der Waals surface area contributed by atoms with Gasteiger partial charge in [-0.1, -0.05) is 6.92 Å². The largest absolute Gasteiger partial charge is 0.357 e. The lowest BCUT2D eigenvalue weighted by Crippen LogP contribution is -2.45. The molecule has 19 heavy (non-hydrogen) atoms. The summed E-state index contributed by atoms with van der Waals surface area (Å²) in [5.41, 5.74) is 1.27. The molecule has 0 aliphatic heterocycles. The molecule has 2 rings (SSSR count). The van der Waals surface area contributed by atoms with Gasteiger partial charge in [0.15, 0.2) is 0 Å². The number of rotatable bonds is 4. The second-order valence-electron chi connectivity index (χ2n) is 4.16. The van der Waals surface area contributed by atoms with Crippen LogP contribution in [0.3, 0.4) is 0 Å². The zero-order chi connectivity index (χ0) is 13.8. The second-order valence-corrected chi connectivity index (χ2v) is 4.16. The number of nitrogens with one attached hydrogen (secondary N) is 2. The molecule has 0 saturated heterocycles. The van der Waals surface area contributed by atoms with Crippen molar-refractivity contribution in [1.29, 1.82) is 0 Å². The van der Waals surface area contributed by atoms with Crippen molar-refractivity contribution in [3.8, 4) is 0 Å². The molecule has 0 bridgehead atoms. The number of fused-ring (bicyclic) bond motifs is 1. The molecule has 2 aromatic heterocycles. The van der Waals surface area contributed by atoms with Crippen LogP contribution in [0.4, 0.5) is 0 Å². The van der Waals surface area contributed by atoms with Crippen molar-refractivity contribution in [1.82, 2.24) is 20.0 Å². The van der Waals surface area contributed by atoms with Gasteiger partial charge in [0.05, 0.1) is 5.56 Å². The molecule has 2 aromatic rings. The third kappa shape index (κ3) is 2.73. The van der Waals surface area contributed by atoms with Gasteiger partial charge in [0.2, 0.25) is 5.91 Å². The molecular formula is C13H16N4O2. The number of aromatic nitrogens is 2. The maximum absolute atomic E-state index is 12.1. The highest BCUT2D eigenvalue weighted by molar-refractivity contribution is 5.97. The Balaban J connectivity index is 2.16. The Bertz CT molecular complexity index is 605. The molecule has 0 saturated carbocycles. The number of carbonyl (C=O) groups is 2. The van der Waals surface area contributed by atoms with Crippen LogP contribution in [0, 0.1) is 0 Å². The van der Waals surface area contributed by atoms with Gasteiger partial charge < -0.3 is 15.0 Å². The molecule has 0 aliphatic carbocycles. The number of likely N-dealkylation sites (N-methyl/N-ethyl adjacent to an activating group) is 1. The molecule has 2 heterocycles. The third-order valence-corrected chi connectivity index (χ3v) is 2.93. The van der Waals surface area contributed by atoms with Crippen LogP contribution in [0.2, 0.25) is 0 Å². The van der Waals surface area contributed by atoms with E-state index in [1.54, 1.807) is 42.2 Å². The highest BCUT2D eigenvalue weighted by Crippen LogP contribution is 2.05. The summed E-state index contributed by atoms with van der Waals surface area (Å²) in [6, 6.07) is 2.93. The SMILES string of the molecule is CCC(NC(=O)c1ccc2nccn2c1)C(=O)NC. The third-order valence-electron chi connectivity index (χ3n) is 2.93. The Kier molecular flexibility index (Phi) is 3.79. The molecule has 2 amide bonds. The summed E-state index contributed by atoms with van der Waals surface area (Å²) < 4.78 is 1.76. The Morgan fingerprint density at radius 2 is 2.21 bits per heavy atom. The van der Waals surface area contributed by atoms with Gasteiger partial charge >= 0.3 is 0 Å². The van der Waals surface area contributed by atoms with Crippen LogP contribution in [-0.4, -0.2) is 34.3 Å². The molecule has 2 N–H and O–H groups in total. The average molecular weight is 260 g/mol. The van der Waals surface area contributed by atoms with Crippen molar-refractivity contribution < 1.29 is 9.59 Å². The van der Waals surface area contributed by atoms with Gasteiger partial charge in [0.25, 0.3) is 5.91 Å². The van der Waals surface area contributed by atoms with Crippen LogP contribution in [-0.2, 0) is 4.79 Å². The molecule has 1 unspecified atom stereocenters. The Labute approximate surface area is 110 Å². The van der Waals surface area contributed by atoms with Crippen LogP contribution >= 0.6 is 0 Å². The molecule has 1 atom stereocenters. The van der Waals surface area contributed by atoms with Gasteiger partial charge in [-0.25, -0.2) is 4.98 Å². The number of imidazole rings is 1. The van der Waals surface area contributed by atoms with Gasteiger partial charge in [0.1, 0.15) is 11.7 Å². The maximum Gasteiger partial charge on any atom is 0.253 e. The summed E-state index contributed by atoms with van der Waals surface area (Å²) in [5, 5.41) is 5.24. The van der Waals surface area contributed by atoms with E-state index in [1.165, 1.54) is 0 Å². The fourth-order valence-electron chi connectivity index (χ4n) is 1.82. The minimum absolute atomic E-state index is 0.195. The molecule has 6 heteroatoms. The van der Waals surface area contributed by atoms with Gasteiger partial charge in [0, 0.05) is 25.6 Å². The smallest absolute Gasteiger partial charge is 0.253 e. The predicted octanol–water partition coefficient (Wildman–Crippen LogP) is 0.589. The highest BCUT2D eigenvalue weighted by Gasteiger charge is 2.18. The van der Waals surface area contributed by atoms with Crippen molar-refractivity contribution in [2.24, 2.45) is 0 Å². The molecule has 0 fully saturated rings. The quantitative estimate of drug-likeness (QED) is 0.844. The van der Waals surface area contributed by atoms with E-state index in [2.05, 4.69) is 15.6 Å². The lowest BCUT2D eigenvalue weighted by molar-refractivity contribution is -0.122. The van der Waals surface area contributed by atoms with E-state index in [0.29, 0.717) is 12.0 Å². The zero-order valence-electron chi connectivity index (χ0n) is 10.9. The first-order valence-electron chi connectivity index (χ1n) is 6.11. The summed E-state index contributed by atoms with van der Waals surface area (Å²) in [5.74, 6) is -0.467. The van der Waals surface area contributed by atoms with Crippen LogP contribution in [0.5, 0.6) is 0 Å². The molecule has 0 radical (unpaired) electrons. The monoisotopic (exact) mass is 260 g/mol. The van der Waals surface area contributed by atoms with Crippen molar-refractivity contribution in [3.63, 3.8) is 0 Å². The summed E-state index contributed by atoms with van der Waals surface area (Å²) in [6.45, 7) is 1.85. The van der Waals surface area contributed by atoms with Crippen molar-refractivity contribution in [2.45, 2.75) is 19.4 Å². The van der Waals surface area contributed by atoms with Gasteiger partial charge in [-0.3, -0.25) is 9.59 Å². The lowest BCUT2D eigenvalue weighted by Gasteiger charge is -2.15. The topological polar surface area (TPSA) is 75.5 Å². The first-order valence-corrected chi connectivity index (χ1v) is 6.11. The summed E-state index contributed by atoms with van der Waals surface area (Å²) in [6.07, 6.45) is 5.66. The number of carbonyl (C=O) groups excluding carboxylic acids is 2. The minimum atomic E-state index is -0.518. The number of pyridine rings is 1. The van der Waals surface area contributed by atoms with Crippen molar-refractivity contribution in [2.75, 3.05) is 7.05 Å². The van der Waals surface area contributed by atoms with Crippen LogP contribution in [0.25, 0.3) is 5.65 Å². The Morgan fingerprint density at radius 3 is 2.89 bits per heavy atom. The first-order chi connectivity index (χ1) is 9.15. The van der Waals surface area contributed by atoms with Gasteiger partial charge in [-0.2, -0.15) is 0 Å². The second kappa shape index (κ2) is 5.51. The van der Waals surface area contributed by atoms with E-state index in [0.717, 1.165) is 5.65 Å². The molecule has 0 aliphatic rings. The zero-order valence-corrected chi connectivity index (χ0v) is 10.9. The fourth-order valence-corrected chi connectivity index (χ4v) is 1.82. The molecule has 0 aromatic carbocycles. The van der Waals surface area contributed by atoms with Gasteiger partial charge in [-0.15, -0.1) is 0 Å². The number of hydrogen-bond donors (Lipinski definition) is 2. The van der Waals surface area contributed by atoms with E-state index in [9.17, 15) is 9.59 Å². The van der Waals surface area contributed by atoms with Crippen molar-refractivity contribution in [3.05, 3.63) is 36.3 Å². The standard InChI is InChI=1S/C13H16N4O2/c1-3-10(13(19)14-2)16-12(18)9-4-5-11-15-6-7-17(11)8-9/h4-8,10H,3H2,1-2H3,(H,14,19)(H,16,18). The van der Waals surface area contributed by atoms with E-state index >= 15 is 0 Å².